The summed E-state index contributed by atoms with van der Waals surface area (Å²) in [6, 6.07) is 3.55. The third-order valence-corrected chi connectivity index (χ3v) is 4.47. The van der Waals surface area contributed by atoms with Crippen molar-refractivity contribution < 1.29 is 9.13 Å². The number of benzene rings is 1. The molecule has 0 saturated carbocycles. The van der Waals surface area contributed by atoms with Crippen LogP contribution in [0.3, 0.4) is 0 Å². The van der Waals surface area contributed by atoms with Gasteiger partial charge in [-0.3, -0.25) is 0 Å². The van der Waals surface area contributed by atoms with Gasteiger partial charge in [-0.05, 0) is 41.8 Å². The predicted octanol–water partition coefficient (Wildman–Crippen LogP) is 4.59. The summed E-state index contributed by atoms with van der Waals surface area (Å²) in [7, 11) is 0. The number of alkyl halides is 1. The number of hydrogen-bond donors (Lipinski definition) is 0. The Bertz CT molecular complexity index is 638. The Labute approximate surface area is 130 Å². The van der Waals surface area contributed by atoms with Gasteiger partial charge in [0, 0.05) is 25.3 Å². The zero-order chi connectivity index (χ0) is 14.3. The predicted molar refractivity (Wildman–Crippen MR) is 80.7 cm³/mol. The maximum absolute atomic E-state index is 13.7. The first-order valence-electron chi connectivity index (χ1n) is 6.66. The zero-order valence-electron chi connectivity index (χ0n) is 11.1. The monoisotopic (exact) mass is 360 g/mol. The Hall–Kier alpha value is -0.650. The number of ether oxygens (including phenoxy) is 1. The topological polar surface area (TPSA) is 27.1 Å². The van der Waals surface area contributed by atoms with Crippen LogP contribution in [0.15, 0.2) is 16.6 Å². The lowest BCUT2D eigenvalue weighted by molar-refractivity contribution is 0.0698. The summed E-state index contributed by atoms with van der Waals surface area (Å²) in [5.74, 6) is 0.494. The standard InChI is InChI=1S/C14H15BrClFN2O/c1-8(16)14-18-12-7-11(17)10(15)6-13(12)19(14)9-2-4-20-5-3-9/h6-9H,2-5H2,1H3. The Morgan fingerprint density at radius 2 is 2.15 bits per heavy atom. The van der Waals surface area contributed by atoms with Gasteiger partial charge in [0.1, 0.15) is 11.6 Å². The van der Waals surface area contributed by atoms with Crippen molar-refractivity contribution in [1.82, 2.24) is 9.55 Å². The van der Waals surface area contributed by atoms with Crippen molar-refractivity contribution in [1.29, 1.82) is 0 Å². The number of aromatic nitrogens is 2. The van der Waals surface area contributed by atoms with E-state index in [9.17, 15) is 4.39 Å². The minimum atomic E-state index is -0.303. The third-order valence-electron chi connectivity index (χ3n) is 3.67. The second kappa shape index (κ2) is 5.62. The molecule has 1 aliphatic heterocycles. The second-order valence-corrected chi connectivity index (χ2v) is 6.56. The molecule has 1 aliphatic rings. The SMILES string of the molecule is CC(Cl)c1nc2cc(F)c(Br)cc2n1C1CCOCC1. The van der Waals surface area contributed by atoms with Crippen LogP contribution in [0, 0.1) is 5.82 Å². The van der Waals surface area contributed by atoms with E-state index in [4.69, 9.17) is 16.3 Å². The molecule has 1 unspecified atom stereocenters. The van der Waals surface area contributed by atoms with Gasteiger partial charge in [0.15, 0.2) is 0 Å². The molecule has 0 radical (unpaired) electrons. The van der Waals surface area contributed by atoms with Gasteiger partial charge < -0.3 is 9.30 Å². The number of fused-ring (bicyclic) bond motifs is 1. The van der Waals surface area contributed by atoms with Crippen LogP contribution in [0.5, 0.6) is 0 Å². The average Bonchev–Trinajstić information content (AvgIpc) is 2.79. The van der Waals surface area contributed by atoms with E-state index in [1.165, 1.54) is 6.07 Å². The first kappa shape index (κ1) is 14.3. The van der Waals surface area contributed by atoms with Gasteiger partial charge in [0.25, 0.3) is 0 Å². The third kappa shape index (κ3) is 2.47. The van der Waals surface area contributed by atoms with Crippen molar-refractivity contribution in [2.75, 3.05) is 13.2 Å². The molecule has 1 atom stereocenters. The van der Waals surface area contributed by atoms with Crippen molar-refractivity contribution >= 4 is 38.6 Å². The molecule has 1 aromatic heterocycles. The van der Waals surface area contributed by atoms with Crippen LogP contribution in [0.4, 0.5) is 4.39 Å². The summed E-state index contributed by atoms with van der Waals surface area (Å²) in [5.41, 5.74) is 1.58. The lowest BCUT2D eigenvalue weighted by Gasteiger charge is -2.26. The molecule has 0 aliphatic carbocycles. The van der Waals surface area contributed by atoms with E-state index >= 15 is 0 Å². The van der Waals surface area contributed by atoms with Crippen molar-refractivity contribution in [2.24, 2.45) is 0 Å². The maximum Gasteiger partial charge on any atom is 0.139 e. The van der Waals surface area contributed by atoms with Gasteiger partial charge in [-0.2, -0.15) is 0 Å². The van der Waals surface area contributed by atoms with E-state index < -0.39 is 0 Å². The van der Waals surface area contributed by atoms with Crippen LogP contribution in [0.1, 0.15) is 37.0 Å². The highest BCUT2D eigenvalue weighted by Gasteiger charge is 2.24. The summed E-state index contributed by atoms with van der Waals surface area (Å²) in [6.45, 7) is 3.37. The largest absolute Gasteiger partial charge is 0.381 e. The lowest BCUT2D eigenvalue weighted by atomic mass is 10.1. The summed E-state index contributed by atoms with van der Waals surface area (Å²) in [4.78, 5) is 4.52. The van der Waals surface area contributed by atoms with E-state index in [2.05, 4.69) is 25.5 Å². The van der Waals surface area contributed by atoms with E-state index in [1.54, 1.807) is 6.07 Å². The number of nitrogens with zero attached hydrogens (tertiary/aromatic N) is 2. The summed E-state index contributed by atoms with van der Waals surface area (Å²) in [5, 5.41) is -0.216. The minimum absolute atomic E-state index is 0.216. The quantitative estimate of drug-likeness (QED) is 0.732. The Morgan fingerprint density at radius 3 is 2.80 bits per heavy atom. The molecular formula is C14H15BrClFN2O. The fourth-order valence-electron chi connectivity index (χ4n) is 2.72. The summed E-state index contributed by atoms with van der Waals surface area (Å²) in [6.07, 6.45) is 1.86. The molecule has 0 bridgehead atoms. The number of imidazole rings is 1. The van der Waals surface area contributed by atoms with Gasteiger partial charge in [0.2, 0.25) is 0 Å². The van der Waals surface area contributed by atoms with Gasteiger partial charge >= 0.3 is 0 Å². The van der Waals surface area contributed by atoms with Crippen LogP contribution in [0.25, 0.3) is 11.0 Å². The van der Waals surface area contributed by atoms with Crippen molar-refractivity contribution in [3.63, 3.8) is 0 Å². The molecule has 2 heterocycles. The van der Waals surface area contributed by atoms with Gasteiger partial charge in [-0.1, -0.05) is 0 Å². The molecule has 0 spiro atoms. The molecule has 1 fully saturated rings. The highest BCUT2D eigenvalue weighted by Crippen LogP contribution is 2.34. The number of hydrogen-bond acceptors (Lipinski definition) is 2. The number of rotatable bonds is 2. The molecule has 3 nitrogen and oxygen atoms in total. The lowest BCUT2D eigenvalue weighted by Crippen LogP contribution is -2.21. The smallest absolute Gasteiger partial charge is 0.139 e. The van der Waals surface area contributed by atoms with Crippen molar-refractivity contribution in [3.8, 4) is 0 Å². The molecule has 6 heteroatoms. The van der Waals surface area contributed by atoms with Crippen molar-refractivity contribution in [3.05, 3.63) is 28.2 Å². The molecule has 0 N–H and O–H groups in total. The molecule has 0 amide bonds. The van der Waals surface area contributed by atoms with E-state index in [0.717, 1.165) is 37.4 Å². The number of halogens is 3. The molecule has 20 heavy (non-hydrogen) atoms. The zero-order valence-corrected chi connectivity index (χ0v) is 13.4. The van der Waals surface area contributed by atoms with Crippen molar-refractivity contribution in [2.45, 2.75) is 31.2 Å². The molecule has 3 rings (SSSR count). The fraction of sp³-hybridized carbons (Fsp3) is 0.500. The second-order valence-electron chi connectivity index (χ2n) is 5.05. The maximum atomic E-state index is 13.7. The van der Waals surface area contributed by atoms with Crippen LogP contribution in [0.2, 0.25) is 0 Å². The summed E-state index contributed by atoms with van der Waals surface area (Å²) < 4.78 is 21.7. The van der Waals surface area contributed by atoms with E-state index in [0.29, 0.717) is 16.0 Å². The molecule has 1 aromatic carbocycles. The van der Waals surface area contributed by atoms with Gasteiger partial charge in [-0.25, -0.2) is 9.37 Å². The highest BCUT2D eigenvalue weighted by atomic mass is 79.9. The van der Waals surface area contributed by atoms with Gasteiger partial charge in [-0.15, -0.1) is 11.6 Å². The van der Waals surface area contributed by atoms with Crippen LogP contribution >= 0.6 is 27.5 Å². The average molecular weight is 362 g/mol. The minimum Gasteiger partial charge on any atom is -0.381 e. The first-order valence-corrected chi connectivity index (χ1v) is 7.89. The van der Waals surface area contributed by atoms with Crippen LogP contribution < -0.4 is 0 Å². The molecule has 2 aromatic rings. The molecule has 1 saturated heterocycles. The van der Waals surface area contributed by atoms with E-state index in [1.807, 2.05) is 6.92 Å². The van der Waals surface area contributed by atoms with E-state index in [-0.39, 0.29) is 11.2 Å². The van der Waals surface area contributed by atoms with Crippen LogP contribution in [-0.2, 0) is 4.74 Å². The Balaban J connectivity index is 2.20. The fourth-order valence-corrected chi connectivity index (χ4v) is 3.20. The Morgan fingerprint density at radius 1 is 1.45 bits per heavy atom. The summed E-state index contributed by atoms with van der Waals surface area (Å²) >= 11 is 9.51. The Kier molecular flexibility index (Phi) is 4.02. The first-order chi connectivity index (χ1) is 9.58. The molecule has 108 valence electrons. The molecular weight excluding hydrogens is 347 g/mol. The van der Waals surface area contributed by atoms with Gasteiger partial charge in [0.05, 0.1) is 20.9 Å². The normalized spacial score (nSPS) is 18.6. The van der Waals surface area contributed by atoms with Crippen LogP contribution in [-0.4, -0.2) is 22.8 Å². The highest BCUT2D eigenvalue weighted by molar-refractivity contribution is 9.10.